The normalized spacial score (nSPS) is 19.0. The standard InChI is InChI=1S/C20H20ClN3O3/c21-14-5-3-4-13(12-14)17(25)18(26)24-10-8-20(9-11-24)19(27)22-15-6-1-2-7-16(15)23-20/h1-7,12,17,23,25H,8-11H2,(H,22,27)/t17-/m0/s1. The van der Waals surface area contributed by atoms with E-state index in [1.807, 2.05) is 24.3 Å². The number of aliphatic hydroxyl groups excluding tert-OH is 1. The van der Waals surface area contributed by atoms with Gasteiger partial charge in [-0.25, -0.2) is 0 Å². The van der Waals surface area contributed by atoms with Gasteiger partial charge in [-0.2, -0.15) is 0 Å². The van der Waals surface area contributed by atoms with E-state index in [-0.39, 0.29) is 11.8 Å². The lowest BCUT2D eigenvalue weighted by Crippen LogP contribution is -2.59. The Morgan fingerprint density at radius 2 is 1.81 bits per heavy atom. The Bertz CT molecular complexity index is 894. The molecule has 2 heterocycles. The minimum Gasteiger partial charge on any atom is -0.378 e. The number of fused-ring (bicyclic) bond motifs is 1. The second kappa shape index (κ2) is 6.87. The average molecular weight is 386 g/mol. The van der Waals surface area contributed by atoms with E-state index in [1.54, 1.807) is 29.2 Å². The van der Waals surface area contributed by atoms with Crippen LogP contribution in [0.2, 0.25) is 5.02 Å². The summed E-state index contributed by atoms with van der Waals surface area (Å²) in [7, 11) is 0. The van der Waals surface area contributed by atoms with Crippen molar-refractivity contribution < 1.29 is 14.7 Å². The first-order valence-corrected chi connectivity index (χ1v) is 9.27. The van der Waals surface area contributed by atoms with Crippen LogP contribution in [0, 0.1) is 0 Å². The summed E-state index contributed by atoms with van der Waals surface area (Å²) in [5.41, 5.74) is 1.39. The number of benzene rings is 2. The minimum absolute atomic E-state index is 0.0799. The van der Waals surface area contributed by atoms with Gasteiger partial charge in [-0.15, -0.1) is 0 Å². The summed E-state index contributed by atoms with van der Waals surface area (Å²) >= 11 is 5.95. The van der Waals surface area contributed by atoms with Crippen LogP contribution in [0.25, 0.3) is 0 Å². The number of amides is 2. The predicted molar refractivity (Wildman–Crippen MR) is 104 cm³/mol. The molecule has 1 spiro atoms. The molecule has 140 valence electrons. The summed E-state index contributed by atoms with van der Waals surface area (Å²) in [6.45, 7) is 0.776. The summed E-state index contributed by atoms with van der Waals surface area (Å²) in [5, 5.41) is 17.2. The predicted octanol–water partition coefficient (Wildman–Crippen LogP) is 2.80. The van der Waals surface area contributed by atoms with E-state index in [1.165, 1.54) is 0 Å². The van der Waals surface area contributed by atoms with Gasteiger partial charge in [0.2, 0.25) is 5.91 Å². The molecule has 0 radical (unpaired) electrons. The number of likely N-dealkylation sites (tertiary alicyclic amines) is 1. The Labute approximate surface area is 162 Å². The first kappa shape index (κ1) is 17.8. The second-order valence-corrected chi connectivity index (χ2v) is 7.43. The quantitative estimate of drug-likeness (QED) is 0.742. The maximum atomic E-state index is 12.7. The number of hydrogen-bond acceptors (Lipinski definition) is 4. The number of halogens is 1. The number of carbonyl (C=O) groups is 2. The van der Waals surface area contributed by atoms with Crippen LogP contribution in [0.15, 0.2) is 48.5 Å². The van der Waals surface area contributed by atoms with Crippen molar-refractivity contribution >= 4 is 34.8 Å². The number of aliphatic hydroxyl groups is 1. The molecule has 0 unspecified atom stereocenters. The van der Waals surface area contributed by atoms with Gasteiger partial charge < -0.3 is 20.6 Å². The van der Waals surface area contributed by atoms with Crippen molar-refractivity contribution in [3.8, 4) is 0 Å². The summed E-state index contributed by atoms with van der Waals surface area (Å²) in [6, 6.07) is 14.2. The van der Waals surface area contributed by atoms with Crippen molar-refractivity contribution in [2.75, 3.05) is 23.7 Å². The van der Waals surface area contributed by atoms with E-state index in [2.05, 4.69) is 10.6 Å². The Hall–Kier alpha value is -2.57. The highest BCUT2D eigenvalue weighted by Crippen LogP contribution is 2.36. The van der Waals surface area contributed by atoms with E-state index < -0.39 is 11.6 Å². The minimum atomic E-state index is -1.26. The third-order valence-electron chi connectivity index (χ3n) is 5.31. The van der Waals surface area contributed by atoms with Crippen LogP contribution in [0.5, 0.6) is 0 Å². The molecule has 0 saturated carbocycles. The summed E-state index contributed by atoms with van der Waals surface area (Å²) in [4.78, 5) is 26.9. The first-order chi connectivity index (χ1) is 13.0. The summed E-state index contributed by atoms with van der Waals surface area (Å²) < 4.78 is 0. The van der Waals surface area contributed by atoms with Crippen LogP contribution >= 0.6 is 11.6 Å². The molecule has 2 amide bonds. The van der Waals surface area contributed by atoms with E-state index in [4.69, 9.17) is 11.6 Å². The van der Waals surface area contributed by atoms with Gasteiger partial charge in [-0.3, -0.25) is 9.59 Å². The molecule has 2 aromatic rings. The van der Waals surface area contributed by atoms with Gasteiger partial charge in [-0.1, -0.05) is 35.9 Å². The van der Waals surface area contributed by atoms with E-state index in [0.717, 1.165) is 11.4 Å². The van der Waals surface area contributed by atoms with Crippen LogP contribution in [0.1, 0.15) is 24.5 Å². The van der Waals surface area contributed by atoms with Crippen molar-refractivity contribution in [1.82, 2.24) is 4.90 Å². The van der Waals surface area contributed by atoms with Crippen LogP contribution in [0.4, 0.5) is 11.4 Å². The zero-order valence-corrected chi connectivity index (χ0v) is 15.4. The fourth-order valence-electron chi connectivity index (χ4n) is 3.71. The zero-order chi connectivity index (χ0) is 19.0. The number of rotatable bonds is 2. The Morgan fingerprint density at radius 1 is 1.11 bits per heavy atom. The molecular weight excluding hydrogens is 366 g/mol. The number of nitrogens with zero attached hydrogens (tertiary/aromatic N) is 1. The van der Waals surface area contributed by atoms with Crippen molar-refractivity contribution in [2.24, 2.45) is 0 Å². The number of para-hydroxylation sites is 2. The average Bonchev–Trinajstić information content (AvgIpc) is 2.68. The first-order valence-electron chi connectivity index (χ1n) is 8.89. The number of nitrogens with one attached hydrogen (secondary N) is 2. The lowest BCUT2D eigenvalue weighted by Gasteiger charge is -2.44. The molecule has 2 aromatic carbocycles. The lowest BCUT2D eigenvalue weighted by atomic mass is 9.84. The van der Waals surface area contributed by atoms with Gasteiger partial charge in [0, 0.05) is 18.1 Å². The molecule has 1 saturated heterocycles. The third-order valence-corrected chi connectivity index (χ3v) is 5.55. The largest absolute Gasteiger partial charge is 0.378 e. The van der Waals surface area contributed by atoms with Gasteiger partial charge in [0.25, 0.3) is 5.91 Å². The molecular formula is C20H20ClN3O3. The fraction of sp³-hybridized carbons (Fsp3) is 0.300. The van der Waals surface area contributed by atoms with Crippen LogP contribution in [-0.2, 0) is 9.59 Å². The highest BCUT2D eigenvalue weighted by Gasteiger charge is 2.45. The highest BCUT2D eigenvalue weighted by molar-refractivity contribution is 6.30. The number of carbonyl (C=O) groups excluding carboxylic acids is 2. The van der Waals surface area contributed by atoms with Crippen molar-refractivity contribution in [2.45, 2.75) is 24.5 Å². The van der Waals surface area contributed by atoms with E-state index in [9.17, 15) is 14.7 Å². The van der Waals surface area contributed by atoms with E-state index in [0.29, 0.717) is 36.5 Å². The highest BCUT2D eigenvalue weighted by atomic mass is 35.5. The van der Waals surface area contributed by atoms with Crippen LogP contribution in [-0.4, -0.2) is 40.4 Å². The molecule has 0 aliphatic carbocycles. The number of anilines is 2. The Balaban J connectivity index is 1.46. The topological polar surface area (TPSA) is 81.7 Å². The summed E-state index contributed by atoms with van der Waals surface area (Å²) in [6.07, 6.45) is -0.311. The molecule has 4 rings (SSSR count). The molecule has 2 aliphatic rings. The molecule has 0 aromatic heterocycles. The maximum absolute atomic E-state index is 12.7. The van der Waals surface area contributed by atoms with Gasteiger partial charge in [0.05, 0.1) is 11.4 Å². The van der Waals surface area contributed by atoms with Crippen molar-refractivity contribution in [1.29, 1.82) is 0 Å². The smallest absolute Gasteiger partial charge is 0.256 e. The van der Waals surface area contributed by atoms with Crippen LogP contribution < -0.4 is 10.6 Å². The Kier molecular flexibility index (Phi) is 4.53. The lowest BCUT2D eigenvalue weighted by molar-refractivity contribution is -0.143. The van der Waals surface area contributed by atoms with Crippen molar-refractivity contribution in [3.05, 3.63) is 59.1 Å². The number of hydrogen-bond donors (Lipinski definition) is 3. The van der Waals surface area contributed by atoms with Crippen LogP contribution in [0.3, 0.4) is 0 Å². The molecule has 2 aliphatic heterocycles. The maximum Gasteiger partial charge on any atom is 0.256 e. The van der Waals surface area contributed by atoms with E-state index >= 15 is 0 Å². The van der Waals surface area contributed by atoms with Crippen molar-refractivity contribution in [3.63, 3.8) is 0 Å². The SMILES string of the molecule is O=C([C@@H](O)c1cccc(Cl)c1)N1CCC2(CC1)Nc1ccccc1NC2=O. The number of piperidine rings is 1. The van der Waals surface area contributed by atoms with Gasteiger partial charge in [0.1, 0.15) is 5.54 Å². The molecule has 1 fully saturated rings. The fourth-order valence-corrected chi connectivity index (χ4v) is 3.91. The molecule has 3 N–H and O–H groups in total. The summed E-state index contributed by atoms with van der Waals surface area (Å²) in [5.74, 6) is -0.451. The van der Waals surface area contributed by atoms with Gasteiger partial charge in [0.15, 0.2) is 6.10 Å². The molecule has 0 bridgehead atoms. The third kappa shape index (κ3) is 3.26. The second-order valence-electron chi connectivity index (χ2n) is 6.99. The Morgan fingerprint density at radius 3 is 2.52 bits per heavy atom. The molecule has 27 heavy (non-hydrogen) atoms. The monoisotopic (exact) mass is 385 g/mol. The molecule has 1 atom stereocenters. The van der Waals surface area contributed by atoms with Gasteiger partial charge in [-0.05, 0) is 42.7 Å². The molecule has 6 nitrogen and oxygen atoms in total. The molecule has 7 heteroatoms. The zero-order valence-electron chi connectivity index (χ0n) is 14.6. The van der Waals surface area contributed by atoms with Gasteiger partial charge >= 0.3 is 0 Å².